The standard InChI is InChI=1S/C23H29NO5/c1-7-29-22(28)18(13-23(4,5)6)24-19(25)12-17(21(26)27)15(3)20(24)16-10-8-14(2)9-11-16/h8-12,18H,7,13H2,1-6H3,(H,26,27). The number of esters is 1. The van der Waals surface area contributed by atoms with Gasteiger partial charge in [0.25, 0.3) is 5.56 Å². The van der Waals surface area contributed by atoms with Crippen molar-refractivity contribution in [2.45, 2.75) is 54.0 Å². The van der Waals surface area contributed by atoms with Gasteiger partial charge >= 0.3 is 11.9 Å². The number of carboxylic acid groups (broad SMARTS) is 1. The van der Waals surface area contributed by atoms with Gasteiger partial charge in [0, 0.05) is 6.07 Å². The van der Waals surface area contributed by atoms with Crippen LogP contribution in [0.15, 0.2) is 35.1 Å². The minimum Gasteiger partial charge on any atom is -0.478 e. The van der Waals surface area contributed by atoms with Gasteiger partial charge < -0.3 is 9.84 Å². The van der Waals surface area contributed by atoms with E-state index in [2.05, 4.69) is 0 Å². The van der Waals surface area contributed by atoms with E-state index in [9.17, 15) is 19.5 Å². The summed E-state index contributed by atoms with van der Waals surface area (Å²) in [6, 6.07) is 7.67. The largest absolute Gasteiger partial charge is 0.478 e. The van der Waals surface area contributed by atoms with Gasteiger partial charge in [-0.05, 0) is 43.7 Å². The minimum atomic E-state index is -1.18. The van der Waals surface area contributed by atoms with Crippen LogP contribution in [0.3, 0.4) is 0 Å². The highest BCUT2D eigenvalue weighted by Gasteiger charge is 2.32. The second kappa shape index (κ2) is 8.64. The first kappa shape index (κ1) is 22.4. The van der Waals surface area contributed by atoms with Crippen LogP contribution in [0.25, 0.3) is 11.3 Å². The Hall–Kier alpha value is -2.89. The number of nitrogens with zero attached hydrogens (tertiary/aromatic N) is 1. The molecule has 0 radical (unpaired) electrons. The number of carbonyl (C=O) groups excluding carboxylic acids is 1. The van der Waals surface area contributed by atoms with Crippen molar-refractivity contribution in [3.05, 3.63) is 57.4 Å². The van der Waals surface area contributed by atoms with Crippen molar-refractivity contribution in [2.24, 2.45) is 5.41 Å². The number of aryl methyl sites for hydroxylation is 1. The van der Waals surface area contributed by atoms with Crippen molar-refractivity contribution in [2.75, 3.05) is 6.61 Å². The first-order valence-electron chi connectivity index (χ1n) is 9.69. The van der Waals surface area contributed by atoms with E-state index < -0.39 is 23.5 Å². The van der Waals surface area contributed by atoms with Crippen molar-refractivity contribution in [1.82, 2.24) is 4.57 Å². The first-order valence-corrected chi connectivity index (χ1v) is 9.69. The van der Waals surface area contributed by atoms with E-state index in [1.807, 2.05) is 52.0 Å². The number of benzene rings is 1. The molecule has 1 N–H and O–H groups in total. The van der Waals surface area contributed by atoms with Gasteiger partial charge in [-0.2, -0.15) is 0 Å². The van der Waals surface area contributed by atoms with E-state index in [1.54, 1.807) is 13.8 Å². The maximum Gasteiger partial charge on any atom is 0.336 e. The number of aromatic carboxylic acids is 1. The van der Waals surface area contributed by atoms with Gasteiger partial charge in [-0.25, -0.2) is 9.59 Å². The predicted molar refractivity (Wildman–Crippen MR) is 112 cm³/mol. The molecule has 1 aromatic heterocycles. The van der Waals surface area contributed by atoms with E-state index >= 15 is 0 Å². The normalized spacial score (nSPS) is 12.5. The van der Waals surface area contributed by atoms with Crippen LogP contribution in [0.5, 0.6) is 0 Å². The van der Waals surface area contributed by atoms with Crippen LogP contribution in [0.4, 0.5) is 0 Å². The highest BCUT2D eigenvalue weighted by atomic mass is 16.5. The van der Waals surface area contributed by atoms with Crippen molar-refractivity contribution in [1.29, 1.82) is 0 Å². The van der Waals surface area contributed by atoms with E-state index in [1.165, 1.54) is 4.57 Å². The maximum atomic E-state index is 13.1. The second-order valence-corrected chi connectivity index (χ2v) is 8.44. The van der Waals surface area contributed by atoms with Crippen LogP contribution in [-0.4, -0.2) is 28.2 Å². The molecule has 2 aromatic rings. The lowest BCUT2D eigenvalue weighted by molar-refractivity contribution is -0.148. The molecule has 0 saturated carbocycles. The number of carboxylic acids is 1. The lowest BCUT2D eigenvalue weighted by Gasteiger charge is -2.29. The zero-order valence-corrected chi connectivity index (χ0v) is 17.9. The number of pyridine rings is 1. The zero-order chi connectivity index (χ0) is 21.9. The van der Waals surface area contributed by atoms with Gasteiger partial charge in [-0.1, -0.05) is 50.6 Å². The van der Waals surface area contributed by atoms with Gasteiger partial charge in [0.05, 0.1) is 17.9 Å². The van der Waals surface area contributed by atoms with Crippen LogP contribution < -0.4 is 5.56 Å². The number of ether oxygens (including phenoxy) is 1. The third kappa shape index (κ3) is 5.13. The van der Waals surface area contributed by atoms with E-state index in [4.69, 9.17) is 4.74 Å². The Balaban J connectivity index is 2.88. The number of hydrogen-bond acceptors (Lipinski definition) is 4. The summed E-state index contributed by atoms with van der Waals surface area (Å²) in [5.74, 6) is -1.68. The molecule has 0 aliphatic heterocycles. The molecule has 0 aliphatic rings. The van der Waals surface area contributed by atoms with Crippen molar-refractivity contribution >= 4 is 11.9 Å². The van der Waals surface area contributed by atoms with Gasteiger partial charge in [0.2, 0.25) is 0 Å². The SMILES string of the molecule is CCOC(=O)C(CC(C)(C)C)n1c(-c2ccc(C)cc2)c(C)c(C(=O)O)cc1=O. The molecular formula is C23H29NO5. The lowest BCUT2D eigenvalue weighted by Crippen LogP contribution is -2.35. The summed E-state index contributed by atoms with van der Waals surface area (Å²) in [6.07, 6.45) is 0.371. The Labute approximate surface area is 171 Å². The predicted octanol–water partition coefficient (Wildman–Crippen LogP) is 4.37. The quantitative estimate of drug-likeness (QED) is 0.729. The summed E-state index contributed by atoms with van der Waals surface area (Å²) in [5.41, 5.74) is 1.70. The van der Waals surface area contributed by atoms with Gasteiger partial charge in [0.1, 0.15) is 6.04 Å². The molecule has 6 nitrogen and oxygen atoms in total. The summed E-state index contributed by atoms with van der Waals surface area (Å²) in [7, 11) is 0. The van der Waals surface area contributed by atoms with E-state index in [0.717, 1.165) is 11.6 Å². The Morgan fingerprint density at radius 1 is 1.14 bits per heavy atom. The highest BCUT2D eigenvalue weighted by molar-refractivity contribution is 5.91. The molecule has 1 aromatic carbocycles. The third-order valence-corrected chi connectivity index (χ3v) is 4.74. The van der Waals surface area contributed by atoms with Crippen LogP contribution in [0.1, 0.15) is 61.6 Å². The molecule has 0 fully saturated rings. The number of carbonyl (C=O) groups is 2. The van der Waals surface area contributed by atoms with Crippen molar-refractivity contribution < 1.29 is 19.4 Å². The molecule has 0 amide bonds. The topological polar surface area (TPSA) is 85.6 Å². The fourth-order valence-corrected chi connectivity index (χ4v) is 3.42. The van der Waals surface area contributed by atoms with E-state index in [0.29, 0.717) is 23.2 Å². The van der Waals surface area contributed by atoms with Gasteiger partial charge in [-0.3, -0.25) is 9.36 Å². The Bertz CT molecular complexity index is 964. The molecule has 1 heterocycles. The van der Waals surface area contributed by atoms with Crippen molar-refractivity contribution in [3.8, 4) is 11.3 Å². The van der Waals surface area contributed by atoms with Gasteiger partial charge in [0.15, 0.2) is 0 Å². The zero-order valence-electron chi connectivity index (χ0n) is 17.9. The molecule has 0 saturated heterocycles. The maximum absolute atomic E-state index is 13.1. The van der Waals surface area contributed by atoms with Crippen LogP contribution in [-0.2, 0) is 9.53 Å². The average molecular weight is 399 g/mol. The Morgan fingerprint density at radius 2 is 1.72 bits per heavy atom. The molecule has 0 spiro atoms. The molecule has 6 heteroatoms. The smallest absolute Gasteiger partial charge is 0.336 e. The fraction of sp³-hybridized carbons (Fsp3) is 0.435. The first-order chi connectivity index (χ1) is 13.5. The summed E-state index contributed by atoms with van der Waals surface area (Å²) in [4.78, 5) is 37.6. The summed E-state index contributed by atoms with van der Waals surface area (Å²) in [5, 5.41) is 9.58. The lowest BCUT2D eigenvalue weighted by atomic mass is 9.87. The van der Waals surface area contributed by atoms with Gasteiger partial charge in [-0.15, -0.1) is 0 Å². The Morgan fingerprint density at radius 3 is 2.21 bits per heavy atom. The van der Waals surface area contributed by atoms with Crippen molar-refractivity contribution in [3.63, 3.8) is 0 Å². The fourth-order valence-electron chi connectivity index (χ4n) is 3.42. The molecular weight excluding hydrogens is 370 g/mol. The minimum absolute atomic E-state index is 0.0693. The van der Waals surface area contributed by atoms with Crippen LogP contribution in [0, 0.1) is 19.3 Å². The van der Waals surface area contributed by atoms with Crippen LogP contribution in [0.2, 0.25) is 0 Å². The molecule has 2 rings (SSSR count). The average Bonchev–Trinajstić information content (AvgIpc) is 2.61. The molecule has 0 aliphatic carbocycles. The monoisotopic (exact) mass is 399 g/mol. The molecule has 29 heavy (non-hydrogen) atoms. The Kier molecular flexibility index (Phi) is 6.67. The van der Waals surface area contributed by atoms with Crippen LogP contribution >= 0.6 is 0 Å². The molecule has 156 valence electrons. The molecule has 1 unspecified atom stereocenters. The third-order valence-electron chi connectivity index (χ3n) is 4.74. The second-order valence-electron chi connectivity index (χ2n) is 8.44. The summed E-state index contributed by atoms with van der Waals surface area (Å²) in [6.45, 7) is 11.5. The summed E-state index contributed by atoms with van der Waals surface area (Å²) < 4.78 is 6.67. The molecule has 1 atom stereocenters. The summed E-state index contributed by atoms with van der Waals surface area (Å²) >= 11 is 0. The number of hydrogen-bond donors (Lipinski definition) is 1. The van der Waals surface area contributed by atoms with E-state index in [-0.39, 0.29) is 17.6 Å². The number of rotatable bonds is 6. The molecule has 0 bridgehead atoms. The number of aromatic nitrogens is 1. The highest BCUT2D eigenvalue weighted by Crippen LogP contribution is 2.33.